The Labute approximate surface area is 139 Å². The molecule has 1 aromatic rings. The molecule has 0 saturated carbocycles. The molecule has 0 N–H and O–H groups in total. The standard InChI is InChI=1S/C18H29ClTe/c1-16(2,3)12-10-13(17(4,5)6)15(20-19)14(11-12)18(7,8)9/h10-11H,1-9H3. The van der Waals surface area contributed by atoms with E-state index in [2.05, 4.69) is 74.4 Å². The molecule has 0 atom stereocenters. The van der Waals surface area contributed by atoms with E-state index in [0.717, 1.165) is 0 Å². The van der Waals surface area contributed by atoms with E-state index >= 15 is 0 Å². The summed E-state index contributed by atoms with van der Waals surface area (Å²) in [6, 6.07) is 4.80. The maximum absolute atomic E-state index is 6.45. The fourth-order valence-corrected chi connectivity index (χ4v) is 5.93. The maximum atomic E-state index is 6.45. The molecule has 0 aliphatic carbocycles. The predicted octanol–water partition coefficient (Wildman–Crippen LogP) is 5.06. The molecular weight excluding hydrogens is 379 g/mol. The van der Waals surface area contributed by atoms with Crippen LogP contribution in [-0.2, 0) is 16.2 Å². The summed E-state index contributed by atoms with van der Waals surface area (Å²) in [5.74, 6) is 0. The first kappa shape index (κ1) is 18.3. The van der Waals surface area contributed by atoms with Crippen molar-refractivity contribution in [2.24, 2.45) is 0 Å². The summed E-state index contributed by atoms with van der Waals surface area (Å²) in [7, 11) is 6.45. The van der Waals surface area contributed by atoms with E-state index in [9.17, 15) is 0 Å². The van der Waals surface area contributed by atoms with Gasteiger partial charge in [0.25, 0.3) is 0 Å². The molecule has 0 heterocycles. The van der Waals surface area contributed by atoms with Crippen LogP contribution in [0.5, 0.6) is 0 Å². The summed E-state index contributed by atoms with van der Waals surface area (Å²) in [5, 5.41) is 0. The molecule has 114 valence electrons. The molecule has 0 aliphatic heterocycles. The van der Waals surface area contributed by atoms with Gasteiger partial charge in [-0.3, -0.25) is 0 Å². The van der Waals surface area contributed by atoms with E-state index in [4.69, 9.17) is 8.96 Å². The molecule has 0 spiro atoms. The van der Waals surface area contributed by atoms with Gasteiger partial charge in [-0.25, -0.2) is 0 Å². The molecule has 0 unspecified atom stereocenters. The van der Waals surface area contributed by atoms with E-state index in [1.807, 2.05) is 0 Å². The van der Waals surface area contributed by atoms with Crippen LogP contribution in [0, 0.1) is 0 Å². The van der Waals surface area contributed by atoms with Gasteiger partial charge < -0.3 is 0 Å². The van der Waals surface area contributed by atoms with E-state index in [1.54, 1.807) is 0 Å². The van der Waals surface area contributed by atoms with Gasteiger partial charge in [-0.2, -0.15) is 0 Å². The molecule has 20 heavy (non-hydrogen) atoms. The van der Waals surface area contributed by atoms with Crippen molar-refractivity contribution >= 4 is 32.4 Å². The Kier molecular flexibility index (Phi) is 5.35. The second-order valence-electron chi connectivity index (χ2n) is 8.73. The fourth-order valence-electron chi connectivity index (χ4n) is 2.26. The SMILES string of the molecule is CC(C)(C)c1cc(C(C)(C)C)c([Te]Cl)c(C(C)(C)C)c1. The van der Waals surface area contributed by atoms with Gasteiger partial charge >= 0.3 is 140 Å². The van der Waals surface area contributed by atoms with Crippen molar-refractivity contribution < 1.29 is 0 Å². The second-order valence-corrected chi connectivity index (χ2v) is 11.4. The number of halogens is 1. The zero-order valence-corrected chi connectivity index (χ0v) is 17.5. The van der Waals surface area contributed by atoms with Crippen LogP contribution in [0.25, 0.3) is 0 Å². The van der Waals surface area contributed by atoms with Gasteiger partial charge in [-0.05, 0) is 0 Å². The third-order valence-corrected chi connectivity index (χ3v) is 6.38. The van der Waals surface area contributed by atoms with Gasteiger partial charge in [-0.15, -0.1) is 0 Å². The summed E-state index contributed by atoms with van der Waals surface area (Å²) in [6.45, 7) is 20.6. The van der Waals surface area contributed by atoms with Crippen LogP contribution in [0.3, 0.4) is 0 Å². The first-order chi connectivity index (χ1) is 8.78. The van der Waals surface area contributed by atoms with Gasteiger partial charge in [0.2, 0.25) is 0 Å². The van der Waals surface area contributed by atoms with Crippen molar-refractivity contribution in [1.82, 2.24) is 0 Å². The average molecular weight is 408 g/mol. The summed E-state index contributed by atoms with van der Waals surface area (Å²) in [4.78, 5) is 0. The Hall–Kier alpha value is 0.300. The molecule has 0 nitrogen and oxygen atoms in total. The molecule has 1 rings (SSSR count). The summed E-state index contributed by atoms with van der Waals surface area (Å²) < 4.78 is 1.45. The fraction of sp³-hybridized carbons (Fsp3) is 0.667. The zero-order chi connectivity index (χ0) is 15.9. The van der Waals surface area contributed by atoms with Crippen molar-refractivity contribution in [3.05, 3.63) is 28.8 Å². The Bertz CT molecular complexity index is 447. The van der Waals surface area contributed by atoms with E-state index in [1.165, 1.54) is 20.3 Å². The topological polar surface area (TPSA) is 0 Å². The molecule has 0 saturated heterocycles. The summed E-state index contributed by atoms with van der Waals surface area (Å²) in [5.41, 5.74) is 4.80. The Morgan fingerprint density at radius 2 is 1.05 bits per heavy atom. The van der Waals surface area contributed by atoms with Gasteiger partial charge in [0.05, 0.1) is 0 Å². The first-order valence-electron chi connectivity index (χ1n) is 7.26. The summed E-state index contributed by atoms with van der Waals surface area (Å²) in [6.07, 6.45) is 0. The van der Waals surface area contributed by atoms with Crippen LogP contribution in [0.15, 0.2) is 12.1 Å². The van der Waals surface area contributed by atoms with Crippen LogP contribution in [0.4, 0.5) is 0 Å². The minimum absolute atomic E-state index is 0.149. The van der Waals surface area contributed by atoms with Crippen molar-refractivity contribution in [3.63, 3.8) is 0 Å². The van der Waals surface area contributed by atoms with Crippen molar-refractivity contribution in [2.75, 3.05) is 0 Å². The monoisotopic (exact) mass is 410 g/mol. The van der Waals surface area contributed by atoms with Gasteiger partial charge in [-0.1, -0.05) is 0 Å². The van der Waals surface area contributed by atoms with E-state index < -0.39 is 19.8 Å². The minimum atomic E-state index is -0.631. The molecule has 0 bridgehead atoms. The van der Waals surface area contributed by atoms with Gasteiger partial charge in [0, 0.05) is 0 Å². The van der Waals surface area contributed by atoms with Crippen LogP contribution in [-0.4, -0.2) is 19.8 Å². The number of benzene rings is 1. The van der Waals surface area contributed by atoms with Crippen LogP contribution >= 0.6 is 8.96 Å². The molecule has 0 fully saturated rings. The van der Waals surface area contributed by atoms with E-state index in [-0.39, 0.29) is 16.2 Å². The average Bonchev–Trinajstić information content (AvgIpc) is 2.23. The first-order valence-corrected chi connectivity index (χ1v) is 11.4. The van der Waals surface area contributed by atoms with Crippen LogP contribution in [0.2, 0.25) is 0 Å². The third-order valence-electron chi connectivity index (χ3n) is 3.65. The number of hydrogen-bond acceptors (Lipinski definition) is 0. The zero-order valence-electron chi connectivity index (χ0n) is 14.4. The normalized spacial score (nSPS) is 13.7. The molecule has 0 amide bonds. The van der Waals surface area contributed by atoms with Crippen molar-refractivity contribution in [1.29, 1.82) is 0 Å². The predicted molar refractivity (Wildman–Crippen MR) is 93.8 cm³/mol. The molecule has 0 radical (unpaired) electrons. The van der Waals surface area contributed by atoms with Gasteiger partial charge in [0.15, 0.2) is 0 Å². The van der Waals surface area contributed by atoms with Gasteiger partial charge in [0.1, 0.15) is 0 Å². The molecule has 0 aliphatic rings. The molecule has 2 heteroatoms. The number of hydrogen-bond donors (Lipinski definition) is 0. The summed E-state index contributed by atoms with van der Waals surface area (Å²) >= 11 is -0.631. The quantitative estimate of drug-likeness (QED) is 0.570. The van der Waals surface area contributed by atoms with Crippen molar-refractivity contribution in [2.45, 2.75) is 78.6 Å². The van der Waals surface area contributed by atoms with Crippen molar-refractivity contribution in [3.8, 4) is 0 Å². The number of rotatable bonds is 1. The molecule has 1 aromatic carbocycles. The third kappa shape index (κ3) is 4.16. The molecule has 0 aromatic heterocycles. The van der Waals surface area contributed by atoms with E-state index in [0.29, 0.717) is 0 Å². The Morgan fingerprint density at radius 3 is 1.25 bits per heavy atom. The Balaban J connectivity index is 3.75. The van der Waals surface area contributed by atoms with Crippen LogP contribution in [0.1, 0.15) is 79.0 Å². The van der Waals surface area contributed by atoms with Crippen LogP contribution < -0.4 is 3.61 Å². The Morgan fingerprint density at radius 1 is 0.700 bits per heavy atom. The second kappa shape index (κ2) is 5.83. The molecular formula is C18H29ClTe.